The van der Waals surface area contributed by atoms with Gasteiger partial charge >= 0.3 is 0 Å². The molecule has 0 atom stereocenters. The number of hydrogen-bond donors (Lipinski definition) is 2. The van der Waals surface area contributed by atoms with Crippen LogP contribution in [-0.2, 0) is 6.42 Å². The van der Waals surface area contributed by atoms with Crippen LogP contribution in [0, 0.1) is 0 Å². The number of nitrogens with one attached hydrogen (secondary N) is 1. The molecule has 0 aliphatic heterocycles. The SMILES string of the molecule is CCc1c(-c2ccc(=O)[nH]n2)noc1N. The van der Waals surface area contributed by atoms with Gasteiger partial charge < -0.3 is 10.3 Å². The average Bonchev–Trinajstić information content (AvgIpc) is 2.61. The zero-order valence-electron chi connectivity index (χ0n) is 8.15. The molecule has 0 amide bonds. The summed E-state index contributed by atoms with van der Waals surface area (Å²) in [6.45, 7) is 1.94. The first-order chi connectivity index (χ1) is 7.22. The van der Waals surface area contributed by atoms with Gasteiger partial charge in [-0.1, -0.05) is 12.1 Å². The van der Waals surface area contributed by atoms with Gasteiger partial charge in [0.05, 0.1) is 0 Å². The second-order valence-corrected chi connectivity index (χ2v) is 3.03. The van der Waals surface area contributed by atoms with E-state index in [9.17, 15) is 4.79 Å². The first-order valence-corrected chi connectivity index (χ1v) is 4.52. The van der Waals surface area contributed by atoms with Gasteiger partial charge in [-0.15, -0.1) is 0 Å². The lowest BCUT2D eigenvalue weighted by Crippen LogP contribution is -2.06. The van der Waals surface area contributed by atoms with E-state index >= 15 is 0 Å². The van der Waals surface area contributed by atoms with Crippen molar-refractivity contribution in [3.8, 4) is 11.4 Å². The first-order valence-electron chi connectivity index (χ1n) is 4.52. The first kappa shape index (κ1) is 9.45. The van der Waals surface area contributed by atoms with E-state index in [2.05, 4.69) is 15.4 Å². The minimum absolute atomic E-state index is 0.256. The molecule has 0 aliphatic carbocycles. The van der Waals surface area contributed by atoms with E-state index in [1.165, 1.54) is 6.07 Å². The van der Waals surface area contributed by atoms with Crippen LogP contribution in [-0.4, -0.2) is 15.4 Å². The van der Waals surface area contributed by atoms with E-state index in [-0.39, 0.29) is 5.56 Å². The van der Waals surface area contributed by atoms with Crippen molar-refractivity contribution in [1.82, 2.24) is 15.4 Å². The molecule has 2 heterocycles. The van der Waals surface area contributed by atoms with E-state index in [1.54, 1.807) is 6.07 Å². The smallest absolute Gasteiger partial charge is 0.264 e. The number of nitrogens with two attached hydrogens (primary N) is 1. The van der Waals surface area contributed by atoms with Gasteiger partial charge in [0, 0.05) is 11.6 Å². The van der Waals surface area contributed by atoms with Gasteiger partial charge in [0.15, 0.2) is 0 Å². The van der Waals surface area contributed by atoms with Crippen LogP contribution in [0.1, 0.15) is 12.5 Å². The van der Waals surface area contributed by atoms with Crippen molar-refractivity contribution in [2.45, 2.75) is 13.3 Å². The largest absolute Gasteiger partial charge is 0.367 e. The van der Waals surface area contributed by atoms with Gasteiger partial charge in [0.2, 0.25) is 5.88 Å². The molecule has 3 N–H and O–H groups in total. The van der Waals surface area contributed by atoms with Crippen molar-refractivity contribution in [3.05, 3.63) is 28.0 Å². The molecule has 0 aromatic carbocycles. The quantitative estimate of drug-likeness (QED) is 0.748. The Balaban J connectivity index is 2.53. The lowest BCUT2D eigenvalue weighted by Gasteiger charge is -1.96. The third-order valence-electron chi connectivity index (χ3n) is 2.09. The molecule has 0 fully saturated rings. The standard InChI is InChI=1S/C9H10N4O2/c1-2-5-8(13-15-9(5)10)6-3-4-7(14)12-11-6/h3-4H,2,10H2,1H3,(H,12,14). The molecule has 2 rings (SSSR count). The molecule has 2 aromatic rings. The molecule has 0 unspecified atom stereocenters. The molecule has 0 radical (unpaired) electrons. The van der Waals surface area contributed by atoms with Crippen LogP contribution in [0.25, 0.3) is 11.4 Å². The molecular weight excluding hydrogens is 196 g/mol. The second-order valence-electron chi connectivity index (χ2n) is 3.03. The summed E-state index contributed by atoms with van der Waals surface area (Å²) >= 11 is 0. The summed E-state index contributed by atoms with van der Waals surface area (Å²) in [5.74, 6) is 0.292. The number of nitrogen functional groups attached to an aromatic ring is 1. The highest BCUT2D eigenvalue weighted by molar-refractivity contribution is 5.62. The molecule has 0 aliphatic rings. The number of H-pyrrole nitrogens is 1. The van der Waals surface area contributed by atoms with Crippen molar-refractivity contribution < 1.29 is 4.52 Å². The average molecular weight is 206 g/mol. The molecule has 0 saturated carbocycles. The van der Waals surface area contributed by atoms with E-state index in [4.69, 9.17) is 10.3 Å². The Bertz CT molecular complexity index is 509. The monoisotopic (exact) mass is 206 g/mol. The fourth-order valence-corrected chi connectivity index (χ4v) is 1.34. The zero-order chi connectivity index (χ0) is 10.8. The summed E-state index contributed by atoms with van der Waals surface area (Å²) in [6, 6.07) is 2.96. The fourth-order valence-electron chi connectivity index (χ4n) is 1.34. The van der Waals surface area contributed by atoms with Crippen LogP contribution in [0.4, 0.5) is 5.88 Å². The number of hydrogen-bond acceptors (Lipinski definition) is 5. The molecule has 15 heavy (non-hydrogen) atoms. The maximum Gasteiger partial charge on any atom is 0.264 e. The summed E-state index contributed by atoms with van der Waals surface area (Å²) in [5, 5.41) is 9.99. The van der Waals surface area contributed by atoms with Crippen LogP contribution in [0.5, 0.6) is 0 Å². The van der Waals surface area contributed by atoms with E-state index in [0.29, 0.717) is 23.7 Å². The molecule has 0 spiro atoms. The Morgan fingerprint density at radius 1 is 1.53 bits per heavy atom. The summed E-state index contributed by atoms with van der Waals surface area (Å²) in [7, 11) is 0. The van der Waals surface area contributed by atoms with Gasteiger partial charge in [-0.05, 0) is 12.5 Å². The minimum Gasteiger partial charge on any atom is -0.367 e. The molecular formula is C9H10N4O2. The number of aromatic nitrogens is 3. The summed E-state index contributed by atoms with van der Waals surface area (Å²) in [5.41, 5.74) is 7.26. The van der Waals surface area contributed by atoms with Crippen LogP contribution in [0.15, 0.2) is 21.5 Å². The van der Waals surface area contributed by atoms with Crippen LogP contribution >= 0.6 is 0 Å². The van der Waals surface area contributed by atoms with Gasteiger partial charge in [-0.3, -0.25) is 4.79 Å². The molecule has 2 aromatic heterocycles. The van der Waals surface area contributed by atoms with Crippen molar-refractivity contribution >= 4 is 5.88 Å². The summed E-state index contributed by atoms with van der Waals surface area (Å²) in [4.78, 5) is 10.8. The van der Waals surface area contributed by atoms with Crippen molar-refractivity contribution in [2.24, 2.45) is 0 Å². The highest BCUT2D eigenvalue weighted by atomic mass is 16.5. The van der Waals surface area contributed by atoms with Gasteiger partial charge in [0.1, 0.15) is 11.4 Å². The Kier molecular flexibility index (Phi) is 2.24. The predicted octanol–water partition coefficient (Wildman–Crippen LogP) is 0.569. The zero-order valence-corrected chi connectivity index (χ0v) is 8.15. The van der Waals surface area contributed by atoms with Gasteiger partial charge in [-0.2, -0.15) is 5.10 Å². The van der Waals surface area contributed by atoms with Crippen LogP contribution in [0.3, 0.4) is 0 Å². The third kappa shape index (κ3) is 1.61. The van der Waals surface area contributed by atoms with Crippen molar-refractivity contribution in [2.75, 3.05) is 5.73 Å². The molecule has 6 nitrogen and oxygen atoms in total. The summed E-state index contributed by atoms with van der Waals surface area (Å²) < 4.78 is 4.87. The highest BCUT2D eigenvalue weighted by Crippen LogP contribution is 2.24. The molecule has 0 saturated heterocycles. The van der Waals surface area contributed by atoms with Gasteiger partial charge in [0.25, 0.3) is 5.56 Å². The number of rotatable bonds is 2. The normalized spacial score (nSPS) is 10.5. The van der Waals surface area contributed by atoms with Crippen LogP contribution < -0.4 is 11.3 Å². The third-order valence-corrected chi connectivity index (χ3v) is 2.09. The Morgan fingerprint density at radius 2 is 2.33 bits per heavy atom. The Hall–Kier alpha value is -2.11. The van der Waals surface area contributed by atoms with E-state index in [0.717, 1.165) is 5.56 Å². The lowest BCUT2D eigenvalue weighted by atomic mass is 10.1. The fraction of sp³-hybridized carbons (Fsp3) is 0.222. The number of nitrogens with zero attached hydrogens (tertiary/aromatic N) is 2. The van der Waals surface area contributed by atoms with Crippen molar-refractivity contribution in [3.63, 3.8) is 0 Å². The maximum absolute atomic E-state index is 10.8. The van der Waals surface area contributed by atoms with E-state index in [1.807, 2.05) is 6.92 Å². The van der Waals surface area contributed by atoms with Gasteiger partial charge in [-0.25, -0.2) is 5.10 Å². The van der Waals surface area contributed by atoms with Crippen LogP contribution in [0.2, 0.25) is 0 Å². The lowest BCUT2D eigenvalue weighted by molar-refractivity contribution is 0.438. The maximum atomic E-state index is 10.8. The van der Waals surface area contributed by atoms with E-state index < -0.39 is 0 Å². The summed E-state index contributed by atoms with van der Waals surface area (Å²) in [6.07, 6.45) is 0.700. The molecule has 0 bridgehead atoms. The second kappa shape index (κ2) is 3.56. The number of aromatic amines is 1. The topological polar surface area (TPSA) is 97.8 Å². The van der Waals surface area contributed by atoms with Crippen molar-refractivity contribution in [1.29, 1.82) is 0 Å². The highest BCUT2D eigenvalue weighted by Gasteiger charge is 2.14. The predicted molar refractivity (Wildman–Crippen MR) is 54.1 cm³/mol. The Morgan fingerprint density at radius 3 is 2.93 bits per heavy atom. The molecule has 78 valence electrons. The molecule has 6 heteroatoms. The minimum atomic E-state index is -0.256. The Labute approximate surface area is 85.1 Å². The number of anilines is 1.